The van der Waals surface area contributed by atoms with Gasteiger partial charge in [-0.15, -0.1) is 0 Å². The molecule has 0 unspecified atom stereocenters. The Labute approximate surface area is 59.9 Å². The Morgan fingerprint density at radius 2 is 1.90 bits per heavy atom. The maximum Gasteiger partial charge on any atom is 0.123 e. The lowest BCUT2D eigenvalue weighted by Crippen LogP contribution is -2.01. The molecule has 0 atom stereocenters. The summed E-state index contributed by atoms with van der Waals surface area (Å²) in [7, 11) is 5.05. The number of benzene rings is 1. The zero-order valence-electron chi connectivity index (χ0n) is 5.47. The minimum absolute atomic E-state index is 0.222. The Kier molecular flexibility index (Phi) is 2.40. The van der Waals surface area contributed by atoms with E-state index in [-0.39, 0.29) is 5.82 Å². The molecule has 0 amide bonds. The van der Waals surface area contributed by atoms with E-state index in [2.05, 4.69) is 5.32 Å². The molecule has 0 aliphatic rings. The first-order valence-corrected chi connectivity index (χ1v) is 3.01. The van der Waals surface area contributed by atoms with Gasteiger partial charge in [-0.05, 0) is 17.7 Å². The second-order valence-electron chi connectivity index (χ2n) is 2.01. The van der Waals surface area contributed by atoms with Crippen molar-refractivity contribution in [2.24, 2.45) is 0 Å². The third-order valence-corrected chi connectivity index (χ3v) is 1.22. The zero-order chi connectivity index (χ0) is 7.40. The van der Waals surface area contributed by atoms with Gasteiger partial charge in [0.2, 0.25) is 0 Å². The molecule has 0 fully saturated rings. The van der Waals surface area contributed by atoms with Crippen molar-refractivity contribution < 1.29 is 4.39 Å². The molecule has 0 saturated carbocycles. The van der Waals surface area contributed by atoms with Crippen molar-refractivity contribution in [2.45, 2.75) is 6.54 Å². The normalized spacial score (nSPS) is 9.80. The van der Waals surface area contributed by atoms with Crippen LogP contribution in [0.4, 0.5) is 4.39 Å². The fourth-order valence-corrected chi connectivity index (χ4v) is 0.720. The van der Waals surface area contributed by atoms with E-state index in [1.165, 1.54) is 12.1 Å². The molecule has 2 radical (unpaired) electrons. The summed E-state index contributed by atoms with van der Waals surface area (Å²) in [5.74, 6) is -0.222. The fraction of sp³-hybridized carbons (Fsp3) is 0.125. The SMILES string of the molecule is [CH]NCc1ccc(F)cc1. The van der Waals surface area contributed by atoms with Crippen LogP contribution in [-0.2, 0) is 6.54 Å². The van der Waals surface area contributed by atoms with E-state index in [4.69, 9.17) is 7.05 Å². The van der Waals surface area contributed by atoms with Gasteiger partial charge < -0.3 is 5.32 Å². The molecule has 0 saturated heterocycles. The van der Waals surface area contributed by atoms with E-state index in [0.717, 1.165) is 5.56 Å². The molecule has 1 aromatic rings. The predicted octanol–water partition coefficient (Wildman–Crippen LogP) is 1.58. The molecule has 0 aliphatic carbocycles. The monoisotopic (exact) mass is 137 g/mol. The van der Waals surface area contributed by atoms with Crippen molar-refractivity contribution in [3.63, 3.8) is 0 Å². The summed E-state index contributed by atoms with van der Waals surface area (Å²) in [5, 5.41) is 2.48. The summed E-state index contributed by atoms with van der Waals surface area (Å²) in [6.07, 6.45) is 0. The first kappa shape index (κ1) is 7.22. The second kappa shape index (κ2) is 3.32. The summed E-state index contributed by atoms with van der Waals surface area (Å²) in [4.78, 5) is 0. The van der Waals surface area contributed by atoms with Gasteiger partial charge in [-0.3, -0.25) is 0 Å². The number of rotatable bonds is 2. The van der Waals surface area contributed by atoms with Crippen LogP contribution >= 0.6 is 0 Å². The maximum absolute atomic E-state index is 12.3. The van der Waals surface area contributed by atoms with Gasteiger partial charge in [-0.25, -0.2) is 4.39 Å². The second-order valence-corrected chi connectivity index (χ2v) is 2.01. The molecule has 2 heteroatoms. The summed E-state index contributed by atoms with van der Waals surface area (Å²) < 4.78 is 12.3. The van der Waals surface area contributed by atoms with Crippen LogP contribution in [0.2, 0.25) is 0 Å². The molecular formula is C8H8FN. The highest BCUT2D eigenvalue weighted by Crippen LogP contribution is 2.01. The molecule has 0 heterocycles. The molecule has 1 nitrogen and oxygen atoms in total. The number of nitrogens with one attached hydrogen (secondary N) is 1. The number of hydrogen-bond donors (Lipinski definition) is 1. The van der Waals surface area contributed by atoms with Crippen LogP contribution < -0.4 is 5.32 Å². The summed E-state index contributed by atoms with van der Waals surface area (Å²) >= 11 is 0. The van der Waals surface area contributed by atoms with Crippen LogP contribution in [0.25, 0.3) is 0 Å². The van der Waals surface area contributed by atoms with Crippen LogP contribution in [0, 0.1) is 12.9 Å². The predicted molar refractivity (Wildman–Crippen MR) is 37.5 cm³/mol. The lowest BCUT2D eigenvalue weighted by Gasteiger charge is -1.96. The average Bonchev–Trinajstić information content (AvgIpc) is 1.95. The van der Waals surface area contributed by atoms with Crippen molar-refractivity contribution in [3.05, 3.63) is 42.7 Å². The molecule has 10 heavy (non-hydrogen) atoms. The van der Waals surface area contributed by atoms with Crippen LogP contribution in [0.5, 0.6) is 0 Å². The summed E-state index contributed by atoms with van der Waals surface area (Å²) in [6.45, 7) is 0.570. The fourth-order valence-electron chi connectivity index (χ4n) is 0.720. The average molecular weight is 137 g/mol. The minimum atomic E-state index is -0.222. The van der Waals surface area contributed by atoms with Crippen LogP contribution in [0.3, 0.4) is 0 Å². The topological polar surface area (TPSA) is 12.0 Å². The van der Waals surface area contributed by atoms with Gasteiger partial charge in [0.1, 0.15) is 5.82 Å². The van der Waals surface area contributed by atoms with Gasteiger partial charge in [0.15, 0.2) is 0 Å². The largest absolute Gasteiger partial charge is 0.307 e. The summed E-state index contributed by atoms with van der Waals surface area (Å²) in [6, 6.07) is 6.20. The molecule has 1 rings (SSSR count). The van der Waals surface area contributed by atoms with Crippen LogP contribution in [0.1, 0.15) is 5.56 Å². The van der Waals surface area contributed by atoms with Crippen LogP contribution in [-0.4, -0.2) is 0 Å². The number of hydrogen-bond acceptors (Lipinski definition) is 1. The highest BCUT2D eigenvalue weighted by atomic mass is 19.1. The molecule has 0 bridgehead atoms. The van der Waals surface area contributed by atoms with Gasteiger partial charge >= 0.3 is 0 Å². The molecule has 52 valence electrons. The first-order valence-electron chi connectivity index (χ1n) is 3.01. The Bertz CT molecular complexity index is 193. The van der Waals surface area contributed by atoms with Crippen LogP contribution in [0.15, 0.2) is 24.3 Å². The van der Waals surface area contributed by atoms with E-state index in [1.54, 1.807) is 12.1 Å². The lowest BCUT2D eigenvalue weighted by atomic mass is 10.2. The van der Waals surface area contributed by atoms with Gasteiger partial charge in [0.05, 0.1) is 0 Å². The lowest BCUT2D eigenvalue weighted by molar-refractivity contribution is 0.626. The standard InChI is InChI=1S/C8H8FN/c1-10-6-7-2-4-8(9)5-3-7/h1-5,10H,6H2. The molecule has 1 N–H and O–H groups in total. The zero-order valence-corrected chi connectivity index (χ0v) is 5.47. The summed E-state index contributed by atoms with van der Waals surface area (Å²) in [5.41, 5.74) is 0.976. The highest BCUT2D eigenvalue weighted by molar-refractivity contribution is 5.15. The Hall–Kier alpha value is -0.890. The van der Waals surface area contributed by atoms with E-state index < -0.39 is 0 Å². The molecular weight excluding hydrogens is 129 g/mol. The van der Waals surface area contributed by atoms with Gasteiger partial charge in [-0.2, -0.15) is 0 Å². The highest BCUT2D eigenvalue weighted by Gasteiger charge is 1.89. The Morgan fingerprint density at radius 1 is 1.30 bits per heavy atom. The van der Waals surface area contributed by atoms with Crippen molar-refractivity contribution in [3.8, 4) is 0 Å². The molecule has 1 aromatic carbocycles. The van der Waals surface area contributed by atoms with Crippen molar-refractivity contribution >= 4 is 0 Å². The van der Waals surface area contributed by atoms with Gasteiger partial charge in [0.25, 0.3) is 0 Å². The Balaban J connectivity index is 2.69. The van der Waals surface area contributed by atoms with E-state index in [0.29, 0.717) is 6.54 Å². The quantitative estimate of drug-likeness (QED) is 0.610. The van der Waals surface area contributed by atoms with E-state index >= 15 is 0 Å². The molecule has 0 aromatic heterocycles. The third-order valence-electron chi connectivity index (χ3n) is 1.22. The molecule has 0 aliphatic heterocycles. The number of halogens is 1. The molecule has 0 spiro atoms. The van der Waals surface area contributed by atoms with Gasteiger partial charge in [-0.1, -0.05) is 12.1 Å². The van der Waals surface area contributed by atoms with Crippen molar-refractivity contribution in [2.75, 3.05) is 0 Å². The van der Waals surface area contributed by atoms with Gasteiger partial charge in [0, 0.05) is 13.6 Å². The smallest absolute Gasteiger partial charge is 0.123 e. The first-order chi connectivity index (χ1) is 4.83. The third kappa shape index (κ3) is 1.81. The van der Waals surface area contributed by atoms with E-state index in [1.807, 2.05) is 0 Å². The van der Waals surface area contributed by atoms with Crippen molar-refractivity contribution in [1.29, 1.82) is 0 Å². The minimum Gasteiger partial charge on any atom is -0.307 e. The Morgan fingerprint density at radius 3 is 2.40 bits per heavy atom. The van der Waals surface area contributed by atoms with Crippen molar-refractivity contribution in [1.82, 2.24) is 5.32 Å². The maximum atomic E-state index is 12.3. The van der Waals surface area contributed by atoms with E-state index in [9.17, 15) is 4.39 Å².